The second-order valence-electron chi connectivity index (χ2n) is 9.84. The molecule has 0 bridgehead atoms. The number of hydrogen-bond donors (Lipinski definition) is 3. The van der Waals surface area contributed by atoms with Gasteiger partial charge in [0.15, 0.2) is 0 Å². The molecule has 3 atom stereocenters. The Bertz CT molecular complexity index is 863. The van der Waals surface area contributed by atoms with E-state index in [-0.39, 0.29) is 31.3 Å². The van der Waals surface area contributed by atoms with Crippen LogP contribution >= 0.6 is 0 Å². The fraction of sp³-hybridized carbons (Fsp3) is 0.615. The average Bonchev–Trinajstić information content (AvgIpc) is 2.73. The number of nitrogens with two attached hydrogens (primary N) is 1. The van der Waals surface area contributed by atoms with Crippen LogP contribution in [0.3, 0.4) is 0 Å². The molecule has 4 amide bonds. The van der Waals surface area contributed by atoms with Crippen molar-refractivity contribution in [2.45, 2.75) is 97.9 Å². The second-order valence-corrected chi connectivity index (χ2v) is 9.84. The standard InChI is InChI=1S/C26H42N4O5/c1-8-10-18(4)28-23(32)22(19-13-11-17(3)12-14-19)30(9-2)24(33)20(15-16-21(27)31)29-25(34)35-26(5,6)7/h11-14,18,20,22H,8-10,15-16H2,1-7H3,(H2,27,31)(H,28,32)(H,29,34). The van der Waals surface area contributed by atoms with Crippen LogP contribution in [0.25, 0.3) is 0 Å². The van der Waals surface area contributed by atoms with Crippen LogP contribution in [-0.2, 0) is 19.1 Å². The average molecular weight is 491 g/mol. The molecule has 0 aromatic heterocycles. The monoisotopic (exact) mass is 490 g/mol. The third-order valence-electron chi connectivity index (χ3n) is 5.36. The van der Waals surface area contributed by atoms with E-state index >= 15 is 0 Å². The highest BCUT2D eigenvalue weighted by atomic mass is 16.6. The fourth-order valence-corrected chi connectivity index (χ4v) is 3.71. The molecule has 0 radical (unpaired) electrons. The first-order valence-corrected chi connectivity index (χ1v) is 12.2. The lowest BCUT2D eigenvalue weighted by molar-refractivity contribution is -0.142. The Morgan fingerprint density at radius 2 is 1.63 bits per heavy atom. The molecular weight excluding hydrogens is 448 g/mol. The molecule has 0 aliphatic carbocycles. The van der Waals surface area contributed by atoms with Gasteiger partial charge in [0, 0.05) is 19.0 Å². The highest BCUT2D eigenvalue weighted by molar-refractivity contribution is 5.92. The molecule has 1 rings (SSSR count). The van der Waals surface area contributed by atoms with Crippen molar-refractivity contribution in [1.82, 2.24) is 15.5 Å². The van der Waals surface area contributed by atoms with Crippen molar-refractivity contribution in [1.29, 1.82) is 0 Å². The van der Waals surface area contributed by atoms with Crippen molar-refractivity contribution in [2.24, 2.45) is 5.73 Å². The quantitative estimate of drug-likeness (QED) is 0.414. The zero-order chi connectivity index (χ0) is 26.8. The van der Waals surface area contributed by atoms with Crippen molar-refractivity contribution in [3.63, 3.8) is 0 Å². The minimum Gasteiger partial charge on any atom is -0.444 e. The molecule has 9 heteroatoms. The van der Waals surface area contributed by atoms with E-state index in [1.807, 2.05) is 45.0 Å². The van der Waals surface area contributed by atoms with Gasteiger partial charge in [0.2, 0.25) is 17.7 Å². The number of nitrogens with one attached hydrogen (secondary N) is 2. The van der Waals surface area contributed by atoms with E-state index in [4.69, 9.17) is 10.5 Å². The highest BCUT2D eigenvalue weighted by Crippen LogP contribution is 2.24. The van der Waals surface area contributed by atoms with Gasteiger partial charge in [0.05, 0.1) is 0 Å². The minimum atomic E-state index is -1.09. The Balaban J connectivity index is 3.34. The lowest BCUT2D eigenvalue weighted by Gasteiger charge is -2.34. The van der Waals surface area contributed by atoms with Gasteiger partial charge >= 0.3 is 6.09 Å². The number of alkyl carbamates (subject to hydrolysis) is 1. The van der Waals surface area contributed by atoms with Gasteiger partial charge < -0.3 is 26.0 Å². The Kier molecular flexibility index (Phi) is 11.7. The summed E-state index contributed by atoms with van der Waals surface area (Å²) in [5.74, 6) is -1.41. The lowest BCUT2D eigenvalue weighted by Crippen LogP contribution is -2.53. The zero-order valence-corrected chi connectivity index (χ0v) is 22.1. The summed E-state index contributed by atoms with van der Waals surface area (Å²) in [6.07, 6.45) is 0.789. The number of hydrogen-bond acceptors (Lipinski definition) is 5. The Morgan fingerprint density at radius 3 is 2.11 bits per heavy atom. The third kappa shape index (κ3) is 10.4. The number of carbonyl (C=O) groups is 4. The van der Waals surface area contributed by atoms with Crippen LogP contribution in [-0.4, -0.2) is 52.9 Å². The normalized spacial score (nSPS) is 13.8. The van der Waals surface area contributed by atoms with E-state index < -0.39 is 35.6 Å². The highest BCUT2D eigenvalue weighted by Gasteiger charge is 2.35. The molecule has 1 aromatic carbocycles. The molecule has 0 heterocycles. The maximum atomic E-state index is 13.7. The third-order valence-corrected chi connectivity index (χ3v) is 5.36. The van der Waals surface area contributed by atoms with Gasteiger partial charge in [0.1, 0.15) is 17.7 Å². The summed E-state index contributed by atoms with van der Waals surface area (Å²) in [5.41, 5.74) is 6.21. The molecule has 0 fully saturated rings. The molecular formula is C26H42N4O5. The van der Waals surface area contributed by atoms with E-state index in [2.05, 4.69) is 10.6 Å². The van der Waals surface area contributed by atoms with E-state index in [1.165, 1.54) is 4.90 Å². The molecule has 35 heavy (non-hydrogen) atoms. The van der Waals surface area contributed by atoms with Crippen molar-refractivity contribution in [3.8, 4) is 0 Å². The zero-order valence-electron chi connectivity index (χ0n) is 22.1. The van der Waals surface area contributed by atoms with E-state index in [0.29, 0.717) is 5.56 Å². The summed E-state index contributed by atoms with van der Waals surface area (Å²) in [7, 11) is 0. The van der Waals surface area contributed by atoms with Crippen molar-refractivity contribution < 1.29 is 23.9 Å². The van der Waals surface area contributed by atoms with Gasteiger partial charge in [-0.15, -0.1) is 0 Å². The van der Waals surface area contributed by atoms with Gasteiger partial charge in [-0.3, -0.25) is 14.4 Å². The number of nitrogens with zero attached hydrogens (tertiary/aromatic N) is 1. The first-order valence-electron chi connectivity index (χ1n) is 12.2. The fourth-order valence-electron chi connectivity index (χ4n) is 3.71. The molecule has 4 N–H and O–H groups in total. The summed E-state index contributed by atoms with van der Waals surface area (Å²) < 4.78 is 5.31. The van der Waals surface area contributed by atoms with Gasteiger partial charge in [0.25, 0.3) is 0 Å². The minimum absolute atomic E-state index is 0.0155. The van der Waals surface area contributed by atoms with E-state index in [9.17, 15) is 19.2 Å². The number of ether oxygens (including phenoxy) is 1. The first-order chi connectivity index (χ1) is 16.3. The first kappa shape index (κ1) is 29.9. The molecule has 1 aromatic rings. The van der Waals surface area contributed by atoms with Crippen molar-refractivity contribution in [2.75, 3.05) is 6.54 Å². The van der Waals surface area contributed by atoms with Crippen LogP contribution in [0.15, 0.2) is 24.3 Å². The van der Waals surface area contributed by atoms with Gasteiger partial charge in [-0.25, -0.2) is 4.79 Å². The number of likely N-dealkylation sites (N-methyl/N-ethyl adjacent to an activating group) is 1. The number of carbonyl (C=O) groups excluding carboxylic acids is 4. The number of rotatable bonds is 12. The van der Waals surface area contributed by atoms with Gasteiger partial charge in [-0.05, 0) is 59.9 Å². The maximum Gasteiger partial charge on any atom is 0.408 e. The van der Waals surface area contributed by atoms with Gasteiger partial charge in [-0.1, -0.05) is 43.2 Å². The van der Waals surface area contributed by atoms with Gasteiger partial charge in [-0.2, -0.15) is 0 Å². The molecule has 0 aliphatic heterocycles. The summed E-state index contributed by atoms with van der Waals surface area (Å²) in [6, 6.07) is 5.33. The summed E-state index contributed by atoms with van der Waals surface area (Å²) in [6.45, 7) is 13.0. The maximum absolute atomic E-state index is 13.7. The summed E-state index contributed by atoms with van der Waals surface area (Å²) in [5, 5.41) is 5.57. The predicted octanol–water partition coefficient (Wildman–Crippen LogP) is 3.35. The number of primary amides is 1. The molecule has 196 valence electrons. The van der Waals surface area contributed by atoms with Crippen LogP contribution in [0.2, 0.25) is 0 Å². The predicted molar refractivity (Wildman–Crippen MR) is 135 cm³/mol. The molecule has 0 saturated carbocycles. The molecule has 3 unspecified atom stereocenters. The molecule has 9 nitrogen and oxygen atoms in total. The van der Waals surface area contributed by atoms with Crippen molar-refractivity contribution >= 4 is 23.8 Å². The molecule has 0 aliphatic rings. The van der Waals surface area contributed by atoms with E-state index in [0.717, 1.165) is 18.4 Å². The number of amides is 4. The second kappa shape index (κ2) is 13.7. The number of aryl methyl sites for hydroxylation is 1. The number of benzene rings is 1. The van der Waals surface area contributed by atoms with Crippen LogP contribution in [0, 0.1) is 6.92 Å². The van der Waals surface area contributed by atoms with Crippen LogP contribution in [0.5, 0.6) is 0 Å². The largest absolute Gasteiger partial charge is 0.444 e. The summed E-state index contributed by atoms with van der Waals surface area (Å²) >= 11 is 0. The SMILES string of the molecule is CCCC(C)NC(=O)C(c1ccc(C)cc1)N(CC)C(=O)C(CCC(N)=O)NC(=O)OC(C)(C)C. The van der Waals surface area contributed by atoms with Crippen LogP contribution in [0.4, 0.5) is 4.79 Å². The van der Waals surface area contributed by atoms with Crippen LogP contribution < -0.4 is 16.4 Å². The smallest absolute Gasteiger partial charge is 0.408 e. The molecule has 0 saturated heterocycles. The molecule has 0 spiro atoms. The van der Waals surface area contributed by atoms with Crippen molar-refractivity contribution in [3.05, 3.63) is 35.4 Å². The lowest BCUT2D eigenvalue weighted by atomic mass is 10.00. The van der Waals surface area contributed by atoms with E-state index in [1.54, 1.807) is 27.7 Å². The Labute approximate surface area is 209 Å². The topological polar surface area (TPSA) is 131 Å². The Hall–Kier alpha value is -3.10. The van der Waals surface area contributed by atoms with Crippen LogP contribution in [0.1, 0.15) is 84.4 Å². The summed E-state index contributed by atoms with van der Waals surface area (Å²) in [4.78, 5) is 52.5. The Morgan fingerprint density at radius 1 is 1.03 bits per heavy atom.